The Balaban J connectivity index is 1.78. The second-order valence-corrected chi connectivity index (χ2v) is 5.84. The highest BCUT2D eigenvalue weighted by Gasteiger charge is 2.45. The van der Waals surface area contributed by atoms with Crippen LogP contribution in [-0.2, 0) is 9.53 Å². The van der Waals surface area contributed by atoms with Crippen molar-refractivity contribution < 1.29 is 9.53 Å². The summed E-state index contributed by atoms with van der Waals surface area (Å²) in [7, 11) is 1.61. The quantitative estimate of drug-likeness (QED) is 0.907. The Morgan fingerprint density at radius 1 is 1.35 bits per heavy atom. The number of ether oxygens (including phenoxy) is 1. The molecule has 1 amide bonds. The molecule has 20 heavy (non-hydrogen) atoms. The van der Waals surface area contributed by atoms with Crippen molar-refractivity contribution >= 4 is 5.91 Å². The van der Waals surface area contributed by atoms with Crippen LogP contribution in [0.4, 0.5) is 0 Å². The first kappa shape index (κ1) is 13.6. The zero-order valence-corrected chi connectivity index (χ0v) is 12.1. The van der Waals surface area contributed by atoms with E-state index in [0.29, 0.717) is 17.9 Å². The number of carbonyl (C=O) groups is 1. The lowest BCUT2D eigenvalue weighted by molar-refractivity contribution is -0.143. The predicted molar refractivity (Wildman–Crippen MR) is 77.2 cm³/mol. The lowest BCUT2D eigenvalue weighted by Gasteiger charge is -2.28. The molecule has 0 bridgehead atoms. The van der Waals surface area contributed by atoms with Gasteiger partial charge in [-0.3, -0.25) is 4.79 Å². The largest absolute Gasteiger partial charge is 0.367 e. The third kappa shape index (κ3) is 2.23. The number of likely N-dealkylation sites (tertiary alicyclic amines) is 1. The van der Waals surface area contributed by atoms with Crippen LogP contribution in [0.25, 0.3) is 0 Å². The van der Waals surface area contributed by atoms with Crippen LogP contribution in [0.2, 0.25) is 0 Å². The van der Waals surface area contributed by atoms with Crippen LogP contribution in [0.1, 0.15) is 18.6 Å². The molecule has 2 heterocycles. The number of hydrogen-bond donors (Lipinski definition) is 1. The van der Waals surface area contributed by atoms with Crippen molar-refractivity contribution in [3.05, 3.63) is 35.9 Å². The summed E-state index contributed by atoms with van der Waals surface area (Å²) in [5.41, 5.74) is 0.933. The summed E-state index contributed by atoms with van der Waals surface area (Å²) in [5.74, 6) is 1.29. The van der Waals surface area contributed by atoms with Crippen molar-refractivity contribution in [3.8, 4) is 0 Å². The Morgan fingerprint density at radius 2 is 2.10 bits per heavy atom. The molecule has 2 aliphatic rings. The van der Waals surface area contributed by atoms with Gasteiger partial charge in [0.25, 0.3) is 5.91 Å². The molecular weight excluding hydrogens is 252 g/mol. The van der Waals surface area contributed by atoms with Gasteiger partial charge in [0, 0.05) is 32.8 Å². The third-order valence-corrected chi connectivity index (χ3v) is 4.78. The van der Waals surface area contributed by atoms with Gasteiger partial charge >= 0.3 is 0 Å². The van der Waals surface area contributed by atoms with Gasteiger partial charge in [-0.15, -0.1) is 0 Å². The topological polar surface area (TPSA) is 41.6 Å². The summed E-state index contributed by atoms with van der Waals surface area (Å²) in [6.45, 7) is 5.07. The first-order valence-corrected chi connectivity index (χ1v) is 7.31. The van der Waals surface area contributed by atoms with Gasteiger partial charge in [0.2, 0.25) is 0 Å². The lowest BCUT2D eigenvalue weighted by Crippen LogP contribution is -2.41. The van der Waals surface area contributed by atoms with E-state index in [9.17, 15) is 4.79 Å². The highest BCUT2D eigenvalue weighted by Crippen LogP contribution is 2.34. The van der Waals surface area contributed by atoms with Crippen LogP contribution in [0, 0.1) is 11.8 Å². The number of methoxy groups -OCH3 is 1. The second-order valence-electron chi connectivity index (χ2n) is 5.84. The predicted octanol–water partition coefficient (Wildman–Crippen LogP) is 1.44. The van der Waals surface area contributed by atoms with Crippen molar-refractivity contribution in [1.29, 1.82) is 0 Å². The summed E-state index contributed by atoms with van der Waals surface area (Å²) in [6.07, 6.45) is -0.481. The van der Waals surface area contributed by atoms with E-state index in [-0.39, 0.29) is 5.91 Å². The maximum absolute atomic E-state index is 12.8. The molecule has 2 fully saturated rings. The van der Waals surface area contributed by atoms with Gasteiger partial charge in [-0.1, -0.05) is 30.3 Å². The summed E-state index contributed by atoms with van der Waals surface area (Å²) in [6, 6.07) is 10.0. The molecule has 0 radical (unpaired) electrons. The average Bonchev–Trinajstić information content (AvgIpc) is 3.04. The molecule has 1 aromatic carbocycles. The minimum absolute atomic E-state index is 0.0978. The highest BCUT2D eigenvalue weighted by molar-refractivity contribution is 5.83. The van der Waals surface area contributed by atoms with E-state index in [0.717, 1.165) is 25.2 Å². The molecule has 0 aromatic heterocycles. The molecule has 2 aliphatic heterocycles. The minimum Gasteiger partial charge on any atom is -0.367 e. The van der Waals surface area contributed by atoms with E-state index in [2.05, 4.69) is 12.2 Å². The molecule has 4 heteroatoms. The van der Waals surface area contributed by atoms with Crippen molar-refractivity contribution in [2.45, 2.75) is 19.1 Å². The minimum atomic E-state index is -0.481. The average molecular weight is 274 g/mol. The summed E-state index contributed by atoms with van der Waals surface area (Å²) in [5, 5.41) is 3.42. The van der Waals surface area contributed by atoms with Gasteiger partial charge < -0.3 is 15.0 Å². The zero-order chi connectivity index (χ0) is 14.1. The summed E-state index contributed by atoms with van der Waals surface area (Å²) >= 11 is 0. The number of fused-ring (bicyclic) bond motifs is 1. The molecule has 0 aliphatic carbocycles. The lowest BCUT2D eigenvalue weighted by atomic mass is 9.95. The van der Waals surface area contributed by atoms with Crippen LogP contribution >= 0.6 is 0 Å². The molecule has 0 spiro atoms. The Morgan fingerprint density at radius 3 is 2.75 bits per heavy atom. The maximum atomic E-state index is 12.8. The fourth-order valence-electron chi connectivity index (χ4n) is 3.62. The van der Waals surface area contributed by atoms with E-state index in [1.807, 2.05) is 35.2 Å². The molecule has 4 atom stereocenters. The summed E-state index contributed by atoms with van der Waals surface area (Å²) in [4.78, 5) is 14.8. The Kier molecular flexibility index (Phi) is 3.76. The Labute approximate surface area is 120 Å². The number of rotatable bonds is 3. The molecule has 1 aromatic rings. The van der Waals surface area contributed by atoms with Crippen LogP contribution in [-0.4, -0.2) is 43.6 Å². The first-order valence-electron chi connectivity index (χ1n) is 7.31. The van der Waals surface area contributed by atoms with Crippen molar-refractivity contribution in [1.82, 2.24) is 10.2 Å². The number of hydrogen-bond acceptors (Lipinski definition) is 3. The molecule has 4 nitrogen and oxygen atoms in total. The maximum Gasteiger partial charge on any atom is 0.256 e. The van der Waals surface area contributed by atoms with Gasteiger partial charge in [-0.05, 0) is 24.3 Å². The monoisotopic (exact) mass is 274 g/mol. The Hall–Kier alpha value is -1.39. The number of nitrogens with zero attached hydrogens (tertiary/aromatic N) is 1. The van der Waals surface area contributed by atoms with E-state index < -0.39 is 6.10 Å². The molecular formula is C16H22N2O2. The molecule has 0 saturated carbocycles. The van der Waals surface area contributed by atoms with E-state index >= 15 is 0 Å². The van der Waals surface area contributed by atoms with E-state index in [1.54, 1.807) is 7.11 Å². The van der Waals surface area contributed by atoms with Crippen LogP contribution in [0.3, 0.4) is 0 Å². The van der Waals surface area contributed by atoms with Gasteiger partial charge in [-0.25, -0.2) is 0 Å². The van der Waals surface area contributed by atoms with Crippen molar-refractivity contribution in [2.24, 2.45) is 11.8 Å². The third-order valence-electron chi connectivity index (χ3n) is 4.78. The Bertz CT molecular complexity index is 477. The van der Waals surface area contributed by atoms with Gasteiger partial charge in [0.15, 0.2) is 6.10 Å². The molecule has 1 N–H and O–H groups in total. The fourth-order valence-corrected chi connectivity index (χ4v) is 3.62. The van der Waals surface area contributed by atoms with Crippen LogP contribution < -0.4 is 5.32 Å². The van der Waals surface area contributed by atoms with Crippen molar-refractivity contribution in [2.75, 3.05) is 26.7 Å². The van der Waals surface area contributed by atoms with Gasteiger partial charge in [0.05, 0.1) is 0 Å². The number of nitrogens with one attached hydrogen (secondary N) is 1. The van der Waals surface area contributed by atoms with Crippen LogP contribution in [0.15, 0.2) is 30.3 Å². The fraction of sp³-hybridized carbons (Fsp3) is 0.562. The normalized spacial score (nSPS) is 30.3. The number of amides is 1. The van der Waals surface area contributed by atoms with E-state index in [1.165, 1.54) is 0 Å². The summed E-state index contributed by atoms with van der Waals surface area (Å²) < 4.78 is 5.47. The highest BCUT2D eigenvalue weighted by atomic mass is 16.5. The molecule has 2 saturated heterocycles. The smallest absolute Gasteiger partial charge is 0.256 e. The second kappa shape index (κ2) is 5.54. The van der Waals surface area contributed by atoms with Gasteiger partial charge in [-0.2, -0.15) is 0 Å². The number of carbonyl (C=O) groups excluding carboxylic acids is 1. The van der Waals surface area contributed by atoms with E-state index in [4.69, 9.17) is 4.74 Å². The number of benzene rings is 1. The molecule has 4 unspecified atom stereocenters. The SMILES string of the molecule is COC(C(=O)N1CC2CNCC2C1C)c1ccccc1. The first-order chi connectivity index (χ1) is 9.72. The molecule has 108 valence electrons. The van der Waals surface area contributed by atoms with Gasteiger partial charge in [0.1, 0.15) is 0 Å². The van der Waals surface area contributed by atoms with Crippen molar-refractivity contribution in [3.63, 3.8) is 0 Å². The zero-order valence-electron chi connectivity index (χ0n) is 12.1. The molecule has 3 rings (SSSR count). The standard InChI is InChI=1S/C16H22N2O2/c1-11-14-9-17-8-13(14)10-18(11)16(19)15(20-2)12-6-4-3-5-7-12/h3-7,11,13-15,17H,8-10H2,1-2H3. The van der Waals surface area contributed by atoms with Crippen LogP contribution in [0.5, 0.6) is 0 Å².